The maximum Gasteiger partial charge on any atom is 0.258 e. The van der Waals surface area contributed by atoms with E-state index in [1.165, 1.54) is 0 Å². The molecule has 23 heavy (non-hydrogen) atoms. The molecule has 0 aliphatic carbocycles. The number of nitrogens with zero attached hydrogens (tertiary/aromatic N) is 3. The van der Waals surface area contributed by atoms with Crippen LogP contribution in [0.2, 0.25) is 0 Å². The molecule has 0 spiro atoms. The van der Waals surface area contributed by atoms with Crippen molar-refractivity contribution in [3.8, 4) is 0 Å². The summed E-state index contributed by atoms with van der Waals surface area (Å²) in [5.41, 5.74) is 2.44. The predicted molar refractivity (Wildman–Crippen MR) is 90.5 cm³/mol. The first kappa shape index (κ1) is 15.1. The van der Waals surface area contributed by atoms with Crippen LogP contribution < -0.4 is 10.9 Å². The Hall–Kier alpha value is -2.76. The fraction of sp³-hybridized carbons (Fsp3) is 0.294. The highest BCUT2D eigenvalue weighted by Gasteiger charge is 2.07. The lowest BCUT2D eigenvalue weighted by Gasteiger charge is -2.10. The Morgan fingerprint density at radius 3 is 2.74 bits per heavy atom. The number of benzene rings is 1. The van der Waals surface area contributed by atoms with Crippen LogP contribution in [0.15, 0.2) is 35.1 Å². The molecule has 0 saturated carbocycles. The van der Waals surface area contributed by atoms with Crippen molar-refractivity contribution in [1.82, 2.24) is 19.9 Å². The standard InChI is InChI=1S/C17H19N5O/c1-10(2)14-8-11(3)19-17(21-14)18-9-15-20-13-7-5-4-6-12(13)16(23)22-15/h4-8,10H,9H2,1-3H3,(H,18,19,21)(H,20,22,23). The molecule has 0 radical (unpaired) electrons. The van der Waals surface area contributed by atoms with E-state index < -0.39 is 0 Å². The van der Waals surface area contributed by atoms with Crippen LogP contribution in [-0.2, 0) is 6.54 Å². The number of nitrogens with one attached hydrogen (secondary N) is 2. The maximum atomic E-state index is 12.1. The third kappa shape index (κ3) is 3.36. The van der Waals surface area contributed by atoms with Crippen LogP contribution in [-0.4, -0.2) is 19.9 Å². The van der Waals surface area contributed by atoms with E-state index >= 15 is 0 Å². The number of hydrogen-bond acceptors (Lipinski definition) is 5. The van der Waals surface area contributed by atoms with E-state index in [1.54, 1.807) is 6.07 Å². The summed E-state index contributed by atoms with van der Waals surface area (Å²) in [5.74, 6) is 1.44. The van der Waals surface area contributed by atoms with Crippen molar-refractivity contribution in [1.29, 1.82) is 0 Å². The molecule has 0 aliphatic rings. The van der Waals surface area contributed by atoms with Crippen LogP contribution in [0.3, 0.4) is 0 Å². The van der Waals surface area contributed by atoms with Gasteiger partial charge < -0.3 is 10.3 Å². The van der Waals surface area contributed by atoms with Gasteiger partial charge in [-0.3, -0.25) is 4.79 Å². The Morgan fingerprint density at radius 2 is 1.96 bits per heavy atom. The third-order valence-corrected chi connectivity index (χ3v) is 3.54. The quantitative estimate of drug-likeness (QED) is 0.774. The second kappa shape index (κ2) is 6.16. The molecule has 2 N–H and O–H groups in total. The van der Waals surface area contributed by atoms with Gasteiger partial charge in [0.15, 0.2) is 0 Å². The minimum Gasteiger partial charge on any atom is -0.347 e. The predicted octanol–water partition coefficient (Wildman–Crippen LogP) is 2.76. The van der Waals surface area contributed by atoms with Gasteiger partial charge in [0.05, 0.1) is 17.4 Å². The summed E-state index contributed by atoms with van der Waals surface area (Å²) in [5, 5.41) is 3.72. The molecule has 2 heterocycles. The molecule has 6 nitrogen and oxygen atoms in total. The zero-order valence-electron chi connectivity index (χ0n) is 13.4. The second-order valence-electron chi connectivity index (χ2n) is 5.80. The Morgan fingerprint density at radius 1 is 1.17 bits per heavy atom. The molecule has 0 fully saturated rings. The molecular formula is C17H19N5O. The molecule has 118 valence electrons. The van der Waals surface area contributed by atoms with Gasteiger partial charge in [0, 0.05) is 11.4 Å². The van der Waals surface area contributed by atoms with Crippen LogP contribution in [0.4, 0.5) is 5.95 Å². The summed E-state index contributed by atoms with van der Waals surface area (Å²) < 4.78 is 0. The molecular weight excluding hydrogens is 290 g/mol. The second-order valence-corrected chi connectivity index (χ2v) is 5.80. The van der Waals surface area contributed by atoms with Gasteiger partial charge in [0.2, 0.25) is 5.95 Å². The van der Waals surface area contributed by atoms with Gasteiger partial charge in [-0.15, -0.1) is 0 Å². The van der Waals surface area contributed by atoms with E-state index in [9.17, 15) is 4.79 Å². The van der Waals surface area contributed by atoms with Crippen molar-refractivity contribution in [3.63, 3.8) is 0 Å². The molecule has 0 unspecified atom stereocenters. The molecule has 0 atom stereocenters. The maximum absolute atomic E-state index is 12.1. The Bertz CT molecular complexity index is 901. The van der Waals surface area contributed by atoms with Gasteiger partial charge in [0.1, 0.15) is 5.82 Å². The molecule has 3 rings (SSSR count). The van der Waals surface area contributed by atoms with Crippen LogP contribution in [0, 0.1) is 6.92 Å². The summed E-state index contributed by atoms with van der Waals surface area (Å²) in [7, 11) is 0. The monoisotopic (exact) mass is 309 g/mol. The van der Waals surface area contributed by atoms with Crippen molar-refractivity contribution in [2.45, 2.75) is 33.2 Å². The van der Waals surface area contributed by atoms with Gasteiger partial charge in [0.25, 0.3) is 5.56 Å². The van der Waals surface area contributed by atoms with Crippen molar-refractivity contribution >= 4 is 16.9 Å². The Balaban J connectivity index is 1.85. The van der Waals surface area contributed by atoms with Crippen molar-refractivity contribution < 1.29 is 0 Å². The molecule has 0 saturated heterocycles. The molecule has 3 aromatic rings. The number of H-pyrrole nitrogens is 1. The van der Waals surface area contributed by atoms with Crippen molar-refractivity contribution in [2.75, 3.05) is 5.32 Å². The number of aromatic amines is 1. The number of fused-ring (bicyclic) bond motifs is 1. The molecule has 0 bridgehead atoms. The fourth-order valence-corrected chi connectivity index (χ4v) is 2.35. The average molecular weight is 309 g/mol. The fourth-order valence-electron chi connectivity index (χ4n) is 2.35. The van der Waals surface area contributed by atoms with Crippen LogP contribution in [0.25, 0.3) is 10.9 Å². The minimum atomic E-state index is -0.138. The lowest BCUT2D eigenvalue weighted by molar-refractivity contribution is 0.806. The first-order valence-corrected chi connectivity index (χ1v) is 7.60. The van der Waals surface area contributed by atoms with Crippen molar-refractivity contribution in [2.24, 2.45) is 0 Å². The van der Waals surface area contributed by atoms with Crippen molar-refractivity contribution in [3.05, 3.63) is 57.9 Å². The van der Waals surface area contributed by atoms with Gasteiger partial charge in [-0.2, -0.15) is 0 Å². The largest absolute Gasteiger partial charge is 0.347 e. The number of hydrogen-bond donors (Lipinski definition) is 2. The van der Waals surface area contributed by atoms with E-state index in [0.717, 1.165) is 11.4 Å². The van der Waals surface area contributed by atoms with E-state index in [-0.39, 0.29) is 5.56 Å². The zero-order valence-corrected chi connectivity index (χ0v) is 13.4. The van der Waals surface area contributed by atoms with E-state index in [4.69, 9.17) is 0 Å². The Labute approximate surface area is 134 Å². The Kier molecular flexibility index (Phi) is 4.06. The number of aryl methyl sites for hydroxylation is 1. The third-order valence-electron chi connectivity index (χ3n) is 3.54. The van der Waals surface area contributed by atoms with Gasteiger partial charge in [-0.1, -0.05) is 26.0 Å². The highest BCUT2D eigenvalue weighted by Crippen LogP contribution is 2.14. The summed E-state index contributed by atoms with van der Waals surface area (Å²) in [6.07, 6.45) is 0. The lowest BCUT2D eigenvalue weighted by Crippen LogP contribution is -2.15. The summed E-state index contributed by atoms with van der Waals surface area (Å²) in [4.78, 5) is 28.2. The van der Waals surface area contributed by atoms with Crippen LogP contribution >= 0.6 is 0 Å². The first-order chi connectivity index (χ1) is 11.0. The molecule has 0 aliphatic heterocycles. The number of rotatable bonds is 4. The van der Waals surface area contributed by atoms with Crippen LogP contribution in [0.5, 0.6) is 0 Å². The normalized spacial score (nSPS) is 11.1. The molecule has 0 amide bonds. The van der Waals surface area contributed by atoms with Crippen LogP contribution in [0.1, 0.15) is 37.0 Å². The minimum absolute atomic E-state index is 0.138. The topological polar surface area (TPSA) is 83.6 Å². The highest BCUT2D eigenvalue weighted by atomic mass is 16.1. The van der Waals surface area contributed by atoms with E-state index in [0.29, 0.717) is 35.1 Å². The molecule has 2 aromatic heterocycles. The van der Waals surface area contributed by atoms with Gasteiger partial charge in [-0.25, -0.2) is 15.0 Å². The highest BCUT2D eigenvalue weighted by molar-refractivity contribution is 5.77. The first-order valence-electron chi connectivity index (χ1n) is 7.60. The number of anilines is 1. The van der Waals surface area contributed by atoms with E-state index in [1.807, 2.05) is 31.2 Å². The lowest BCUT2D eigenvalue weighted by atomic mass is 10.1. The summed E-state index contributed by atoms with van der Waals surface area (Å²) >= 11 is 0. The summed E-state index contributed by atoms with van der Waals surface area (Å²) in [6, 6.07) is 9.26. The number of aromatic nitrogens is 4. The zero-order chi connectivity index (χ0) is 16.4. The summed E-state index contributed by atoms with van der Waals surface area (Å²) in [6.45, 7) is 6.48. The average Bonchev–Trinajstić information content (AvgIpc) is 2.52. The molecule has 6 heteroatoms. The SMILES string of the molecule is Cc1cc(C(C)C)nc(NCc2nc3ccccc3c(=O)[nH]2)n1. The van der Waals surface area contributed by atoms with E-state index in [2.05, 4.69) is 39.1 Å². The van der Waals surface area contributed by atoms with Gasteiger partial charge >= 0.3 is 0 Å². The van der Waals surface area contributed by atoms with Gasteiger partial charge in [-0.05, 0) is 31.0 Å². The number of para-hydroxylation sites is 1. The smallest absolute Gasteiger partial charge is 0.258 e. The molecule has 1 aromatic carbocycles.